The van der Waals surface area contributed by atoms with Gasteiger partial charge in [-0.1, -0.05) is 162 Å². The molecule has 0 fully saturated rings. The van der Waals surface area contributed by atoms with Crippen molar-refractivity contribution in [1.82, 2.24) is 0 Å². The Kier molecular flexibility index (Phi) is 54.3. The molecular weight excluding hydrogens is 1870 g/mol. The number of Topliss-reactive ketones (excluding diaryl/α,β-unsaturated/α-hetero) is 1. The zero-order valence-electron chi connectivity index (χ0n) is 78.8. The van der Waals surface area contributed by atoms with Gasteiger partial charge in [0.2, 0.25) is 5.78 Å². The highest BCUT2D eigenvalue weighted by Crippen LogP contribution is 2.51. The third-order valence-corrected chi connectivity index (χ3v) is 27.1. The summed E-state index contributed by atoms with van der Waals surface area (Å²) >= 11 is -0.445. The lowest BCUT2D eigenvalue weighted by Crippen LogP contribution is -3.61. The molecular formula is C97H134F6IO23S3+. The first-order chi connectivity index (χ1) is 61.0. The van der Waals surface area contributed by atoms with Crippen molar-refractivity contribution >= 4 is 67.8 Å². The average molecular weight is 2010 g/mol. The lowest BCUT2D eigenvalue weighted by atomic mass is 9.91. The third kappa shape index (κ3) is 41.7. The number of methoxy groups -OCH3 is 3. The molecule has 33 heteroatoms. The van der Waals surface area contributed by atoms with Crippen LogP contribution in [0.15, 0.2) is 164 Å². The Morgan fingerprint density at radius 3 is 1.41 bits per heavy atom. The van der Waals surface area contributed by atoms with Gasteiger partial charge in [-0.15, -0.1) is 0 Å². The summed E-state index contributed by atoms with van der Waals surface area (Å²) in [6.45, 7) is 38.2. The molecule has 0 radical (unpaired) electrons. The minimum Gasteiger partial charge on any atom is -0.743 e. The Morgan fingerprint density at radius 2 is 0.954 bits per heavy atom. The van der Waals surface area contributed by atoms with E-state index >= 15 is 0 Å². The summed E-state index contributed by atoms with van der Waals surface area (Å²) in [6.07, 6.45) is 14.9. The molecule has 7 aromatic rings. The summed E-state index contributed by atoms with van der Waals surface area (Å²) in [7, 11) is -9.15. The van der Waals surface area contributed by atoms with Gasteiger partial charge in [-0.05, 0) is 238 Å². The van der Waals surface area contributed by atoms with E-state index in [9.17, 15) is 71.7 Å². The number of hydrogen-bond acceptors (Lipinski definition) is 23. The maximum absolute atomic E-state index is 13.7. The van der Waals surface area contributed by atoms with E-state index in [2.05, 4.69) is 81.7 Å². The Hall–Kier alpha value is -9.16. The summed E-state index contributed by atoms with van der Waals surface area (Å²) in [5.41, 5.74) is 0.915. The molecule has 0 spiro atoms. The van der Waals surface area contributed by atoms with E-state index in [1.165, 1.54) is 97.8 Å². The van der Waals surface area contributed by atoms with Crippen molar-refractivity contribution in [3.8, 4) is 51.7 Å². The molecule has 0 heterocycles. The Morgan fingerprint density at radius 1 is 0.508 bits per heavy atom. The largest absolute Gasteiger partial charge is 0.743 e. The summed E-state index contributed by atoms with van der Waals surface area (Å²) in [5.74, 6) is -0.836. The molecule has 0 aliphatic heterocycles. The molecule has 0 aliphatic rings. The maximum Gasteiger partial charge on any atom is 0.514 e. The van der Waals surface area contributed by atoms with Gasteiger partial charge in [0, 0.05) is 24.3 Å². The fourth-order valence-corrected chi connectivity index (χ4v) is 16.8. The summed E-state index contributed by atoms with van der Waals surface area (Å²) in [6, 6.07) is 46.1. The maximum atomic E-state index is 13.7. The molecule has 0 amide bonds. The second-order valence-electron chi connectivity index (χ2n) is 31.8. The molecule has 3 unspecified atom stereocenters. The van der Waals surface area contributed by atoms with Crippen molar-refractivity contribution in [2.45, 2.75) is 255 Å². The Balaban J connectivity index is 0.000000798. The van der Waals surface area contributed by atoms with Crippen LogP contribution in [0.25, 0.3) is 0 Å². The van der Waals surface area contributed by atoms with Crippen LogP contribution in [0.1, 0.15) is 258 Å². The van der Waals surface area contributed by atoms with Crippen LogP contribution in [0.2, 0.25) is 0 Å². The highest BCUT2D eigenvalue weighted by molar-refractivity contribution is 7.97. The minimum absolute atomic E-state index is 0.226. The first kappa shape index (κ1) is 119. The number of ether oxygens (including phenoxy) is 10. The fraction of sp³-hybridized carbons (Fsp3) is 0.505. The summed E-state index contributed by atoms with van der Waals surface area (Å²) in [4.78, 5) is 67.4. The molecule has 7 aromatic carbocycles. The number of unbranched alkanes of at least 4 members (excludes halogenated alkanes) is 7. The van der Waals surface area contributed by atoms with Crippen molar-refractivity contribution in [2.75, 3.05) is 51.8 Å². The van der Waals surface area contributed by atoms with Gasteiger partial charge in [0.05, 0.1) is 44.3 Å². The summed E-state index contributed by atoms with van der Waals surface area (Å²) < 4.78 is 194. The number of carbonyl (C=O) groups is 6. The number of phenolic OH excluding ortho intramolecular Hbond substituents is 1. The molecule has 0 bridgehead atoms. The van der Waals surface area contributed by atoms with E-state index in [1.54, 1.807) is 97.6 Å². The van der Waals surface area contributed by atoms with Crippen molar-refractivity contribution in [1.29, 1.82) is 0 Å². The highest BCUT2D eigenvalue weighted by atomic mass is 127. The predicted octanol–water partition coefficient (Wildman–Crippen LogP) is 20.6. The number of esters is 3. The van der Waals surface area contributed by atoms with E-state index in [0.717, 1.165) is 70.2 Å². The standard InChI is InChI=1S/C23H32IO4.C16H16F6O9S2.C16H24O4.C16H25OS.C15H22O3.C10H14O.CH2O/c1-5-6-7-8-9-10-15-28-19-13-11-18(12-14-19)24-23-21(26-3)16-20(25-2)17-22(23)27-4;1-4-13(2,3)12(24)30-11(23)9-5-7-10(8-6-9)31-33(28,29)16(21,22)14(17,18)15(19,20)32(25,26)27;1-6-16(4,5)15(17)20-14-10-8-13(9-11-14)19-12(3)18-7-2;1-3-5-12-18(13-6-4-2)14-16(17)15-10-8-7-9-11-15;1-6-11(2)12-7-9-13(10-8-12)17-14(16)18-15(3,4)5;1-3-8(2)9-4-6-10(11)7-5-9;1-2/h11-14,16-17H,5-10,15H2,1-4H3;5-8H,4H2,1-3H3,(H,25,26,27);8-12H,6-7H2,1-5H3;7-11H,3-6,12-14H2,1-2H3;7-11H,6H2,1-5H3;4-8,11H,3H2,1-2H3;1H2/q+1;;;+1;;;/p-1. The Labute approximate surface area is 779 Å². The van der Waals surface area contributed by atoms with Gasteiger partial charge in [0.25, 0.3) is 3.57 Å². The molecule has 23 nitrogen and oxygen atoms in total. The fourth-order valence-electron chi connectivity index (χ4n) is 10.3. The molecule has 0 saturated heterocycles. The minimum atomic E-state index is -7.43. The highest BCUT2D eigenvalue weighted by Gasteiger charge is 2.81. The van der Waals surface area contributed by atoms with Crippen LogP contribution in [0.5, 0.6) is 51.7 Å². The number of benzene rings is 7. The number of aromatic hydroxyl groups is 1. The number of halogens is 7. The van der Waals surface area contributed by atoms with E-state index in [-0.39, 0.29) is 18.7 Å². The van der Waals surface area contributed by atoms with Crippen LogP contribution in [-0.4, -0.2) is 143 Å². The number of phenols is 1. The number of alkyl halides is 6. The number of ketones is 1. The predicted molar refractivity (Wildman–Crippen MR) is 490 cm³/mol. The normalized spacial score (nSPS) is 12.2. The van der Waals surface area contributed by atoms with Gasteiger partial charge in [-0.3, -0.25) is 14.4 Å². The van der Waals surface area contributed by atoms with Gasteiger partial charge in [0.15, 0.2) is 37.2 Å². The van der Waals surface area contributed by atoms with Crippen LogP contribution in [-0.2, 0) is 59.7 Å². The molecule has 3 atom stereocenters. The molecule has 0 aliphatic carbocycles. The number of rotatable bonds is 43. The third-order valence-electron chi connectivity index (χ3n) is 19.6. The second-order valence-corrected chi connectivity index (χ2v) is 40.0. The van der Waals surface area contributed by atoms with Crippen LogP contribution >= 0.6 is 0 Å². The van der Waals surface area contributed by atoms with Gasteiger partial charge in [-0.25, -0.2) is 18.0 Å². The lowest BCUT2D eigenvalue weighted by Gasteiger charge is -2.32. The number of carbonyl (C=O) groups excluding carboxylic acids is 6. The zero-order valence-corrected chi connectivity index (χ0v) is 83.4. The molecule has 0 aromatic heterocycles. The van der Waals surface area contributed by atoms with Crippen molar-refractivity contribution in [3.05, 3.63) is 193 Å². The second kappa shape index (κ2) is 59.4. The molecule has 1 N–H and O–H groups in total. The van der Waals surface area contributed by atoms with E-state index in [1.807, 2.05) is 108 Å². The number of hydrogen-bond donors (Lipinski definition) is 1. The molecule has 130 heavy (non-hydrogen) atoms. The smallest absolute Gasteiger partial charge is 0.514 e. The van der Waals surface area contributed by atoms with Crippen LogP contribution in [0.3, 0.4) is 0 Å². The molecule has 0 saturated carbocycles. The van der Waals surface area contributed by atoms with E-state index in [4.69, 9.17) is 52.5 Å². The average Bonchev–Trinajstić information content (AvgIpc) is 0.721. The van der Waals surface area contributed by atoms with Crippen LogP contribution in [0.4, 0.5) is 31.1 Å². The topological polar surface area (TPSA) is 316 Å². The van der Waals surface area contributed by atoms with Gasteiger partial charge in [-0.2, -0.15) is 34.8 Å². The van der Waals surface area contributed by atoms with E-state index in [0.29, 0.717) is 82.4 Å². The van der Waals surface area contributed by atoms with Crippen molar-refractivity contribution in [2.24, 2.45) is 10.8 Å². The SMILES string of the molecule is C=O.CCC(C)(C)C(=O)OC(=O)c1ccc(OS(=O)(=O)C(F)(F)C(F)(F)C(F)(F)S(=O)(=O)[O-])cc1.CCC(C)c1ccc(O)cc1.CCC(C)c1ccc(OC(=O)OC(C)(C)C)cc1.CCCCCCCCOc1ccc([I+]c2c(OC)cc(OC)cc2OC)cc1.CCCC[S+](CCCC)CC(=O)c1ccccc1.CCOC(C)Oc1ccc(OC(=O)C(C)(C)CC)cc1. The van der Waals surface area contributed by atoms with Gasteiger partial charge in [0.1, 0.15) is 64.1 Å². The zero-order chi connectivity index (χ0) is 98.9. The lowest BCUT2D eigenvalue weighted by molar-refractivity contribution is -0.598. The molecule has 7 rings (SSSR count). The van der Waals surface area contributed by atoms with Crippen LogP contribution in [0, 0.1) is 18.0 Å². The van der Waals surface area contributed by atoms with E-state index < -0.39 is 104 Å². The van der Waals surface area contributed by atoms with Crippen molar-refractivity contribution in [3.63, 3.8) is 0 Å². The van der Waals surface area contributed by atoms with Gasteiger partial charge >= 0.3 is 71.8 Å². The monoisotopic (exact) mass is 2000 g/mol. The first-order valence-electron chi connectivity index (χ1n) is 43.0. The Bertz CT molecular complexity index is 4640. The van der Waals surface area contributed by atoms with Crippen molar-refractivity contribution < 1.29 is 154 Å². The first-order valence-corrected chi connectivity index (χ1v) is 49.7. The van der Waals surface area contributed by atoms with Crippen LogP contribution < -0.4 is 58.5 Å². The molecule has 726 valence electrons. The summed E-state index contributed by atoms with van der Waals surface area (Å²) in [5, 5.41) is -4.90. The quantitative estimate of drug-likeness (QED) is 0.00302. The van der Waals surface area contributed by atoms with Gasteiger partial charge < -0.3 is 66.0 Å².